The van der Waals surface area contributed by atoms with Crippen LogP contribution in [0.2, 0.25) is 0 Å². The minimum atomic E-state index is -0.105. The number of carbonyl (C=O) groups excluding carboxylic acids is 1. The monoisotopic (exact) mass is 374 g/mol. The van der Waals surface area contributed by atoms with Crippen LogP contribution in [0.15, 0.2) is 16.7 Å². The third kappa shape index (κ3) is 4.15. The number of amides is 1. The van der Waals surface area contributed by atoms with Gasteiger partial charge in [0, 0.05) is 36.6 Å². The maximum absolute atomic E-state index is 12.0. The van der Waals surface area contributed by atoms with Gasteiger partial charge in [-0.1, -0.05) is 0 Å². The molecule has 2 aromatic heterocycles. The van der Waals surface area contributed by atoms with Gasteiger partial charge in [0.05, 0.1) is 6.61 Å². The number of aryl methyl sites for hydroxylation is 1. The Hall–Kier alpha value is -1.18. The van der Waals surface area contributed by atoms with Gasteiger partial charge in [-0.2, -0.15) is 0 Å². The molecule has 0 bridgehead atoms. The Morgan fingerprint density at radius 1 is 1.57 bits per heavy atom. The van der Waals surface area contributed by atoms with Crippen molar-refractivity contribution in [2.75, 3.05) is 26.1 Å². The van der Waals surface area contributed by atoms with Crippen molar-refractivity contribution in [3.05, 3.63) is 22.6 Å². The molecule has 2 aromatic rings. The number of nitrogens with zero attached hydrogens (tertiary/aromatic N) is 3. The fourth-order valence-corrected chi connectivity index (χ4v) is 2.46. The van der Waals surface area contributed by atoms with Gasteiger partial charge in [-0.25, -0.2) is 9.97 Å². The molecule has 0 radical (unpaired) electrons. The highest BCUT2D eigenvalue weighted by atomic mass is 79.9. The van der Waals surface area contributed by atoms with E-state index in [0.717, 1.165) is 15.8 Å². The van der Waals surface area contributed by atoms with Crippen LogP contribution in [0.5, 0.6) is 0 Å². The van der Waals surface area contributed by atoms with Crippen LogP contribution in [0.1, 0.15) is 5.82 Å². The summed E-state index contributed by atoms with van der Waals surface area (Å²) in [5.41, 5.74) is 1.43. The number of nitrogens with one attached hydrogen (secondary N) is 1. The summed E-state index contributed by atoms with van der Waals surface area (Å²) in [4.78, 5) is 20.8. The van der Waals surface area contributed by atoms with E-state index in [1.165, 1.54) is 0 Å². The van der Waals surface area contributed by atoms with Crippen LogP contribution in [0.25, 0.3) is 11.2 Å². The zero-order chi connectivity index (χ0) is 15.2. The van der Waals surface area contributed by atoms with Crippen molar-refractivity contribution in [2.45, 2.75) is 13.0 Å². The average molecular weight is 376 g/mol. The minimum Gasteiger partial charge on any atom is -0.383 e. The molecule has 1 N–H and O–H groups in total. The van der Waals surface area contributed by atoms with Gasteiger partial charge in [-0.3, -0.25) is 4.79 Å². The lowest BCUT2D eigenvalue weighted by Gasteiger charge is -2.08. The molecule has 0 aliphatic rings. The van der Waals surface area contributed by atoms with Crippen molar-refractivity contribution >= 4 is 44.6 Å². The number of fused-ring (bicyclic) bond motifs is 1. The first-order valence-electron chi connectivity index (χ1n) is 6.48. The Kier molecular flexibility index (Phi) is 5.96. The van der Waals surface area contributed by atoms with E-state index in [0.29, 0.717) is 31.1 Å². The molecule has 21 heavy (non-hydrogen) atoms. The summed E-state index contributed by atoms with van der Waals surface area (Å²) in [6, 6.07) is 1.87. The van der Waals surface area contributed by atoms with Gasteiger partial charge in [-0.15, -0.1) is 11.6 Å². The van der Waals surface area contributed by atoms with Gasteiger partial charge in [-0.05, 0) is 22.0 Å². The van der Waals surface area contributed by atoms with Crippen LogP contribution in [-0.2, 0) is 22.5 Å². The number of hydrogen-bond donors (Lipinski definition) is 1. The molecule has 0 aromatic carbocycles. The van der Waals surface area contributed by atoms with Gasteiger partial charge >= 0.3 is 0 Å². The second kappa shape index (κ2) is 7.72. The number of carbonyl (C=O) groups is 1. The van der Waals surface area contributed by atoms with Crippen molar-refractivity contribution in [2.24, 2.45) is 0 Å². The lowest BCUT2D eigenvalue weighted by Crippen LogP contribution is -2.31. The van der Waals surface area contributed by atoms with E-state index >= 15 is 0 Å². The average Bonchev–Trinajstić information content (AvgIpc) is 2.76. The number of halogens is 2. The predicted octanol–water partition coefficient (Wildman–Crippen LogP) is 1.74. The third-order valence-electron chi connectivity index (χ3n) is 2.88. The number of imidazole rings is 1. The molecule has 0 fully saturated rings. The molecule has 8 heteroatoms. The van der Waals surface area contributed by atoms with Crippen LogP contribution in [0.3, 0.4) is 0 Å². The molecule has 0 saturated heterocycles. The van der Waals surface area contributed by atoms with Crippen molar-refractivity contribution < 1.29 is 9.53 Å². The molecular formula is C13H16BrClN4O2. The van der Waals surface area contributed by atoms with Gasteiger partial charge in [0.25, 0.3) is 0 Å². The largest absolute Gasteiger partial charge is 0.383 e. The second-order valence-electron chi connectivity index (χ2n) is 4.39. The highest BCUT2D eigenvalue weighted by Gasteiger charge is 2.14. The summed E-state index contributed by atoms with van der Waals surface area (Å²) in [6.45, 7) is 1.13. The summed E-state index contributed by atoms with van der Waals surface area (Å²) in [5.74, 6) is 1.09. The molecule has 6 nitrogen and oxygen atoms in total. The topological polar surface area (TPSA) is 69.0 Å². The molecule has 0 spiro atoms. The van der Waals surface area contributed by atoms with Crippen molar-refractivity contribution in [1.82, 2.24) is 19.9 Å². The highest BCUT2D eigenvalue weighted by Crippen LogP contribution is 2.19. The van der Waals surface area contributed by atoms with Gasteiger partial charge in [0.2, 0.25) is 5.91 Å². The Balaban J connectivity index is 2.23. The van der Waals surface area contributed by atoms with Crippen LogP contribution >= 0.6 is 27.5 Å². The maximum Gasteiger partial charge on any atom is 0.240 e. The summed E-state index contributed by atoms with van der Waals surface area (Å²) in [6.07, 6.45) is 2.27. The maximum atomic E-state index is 12.0. The summed E-state index contributed by atoms with van der Waals surface area (Å²) in [7, 11) is 1.59. The zero-order valence-corrected chi connectivity index (χ0v) is 13.9. The van der Waals surface area contributed by atoms with E-state index in [1.54, 1.807) is 17.9 Å². The summed E-state index contributed by atoms with van der Waals surface area (Å²) < 4.78 is 7.55. The number of pyridine rings is 1. The quantitative estimate of drug-likeness (QED) is 0.591. The first-order valence-corrected chi connectivity index (χ1v) is 7.80. The third-order valence-corrected chi connectivity index (χ3v) is 3.50. The molecule has 0 atom stereocenters. The minimum absolute atomic E-state index is 0.105. The predicted molar refractivity (Wildman–Crippen MR) is 84.5 cm³/mol. The molecule has 0 aliphatic heterocycles. The first-order chi connectivity index (χ1) is 10.2. The number of methoxy groups -OCH3 is 1. The molecule has 2 rings (SSSR count). The molecular weight excluding hydrogens is 360 g/mol. The van der Waals surface area contributed by atoms with Crippen LogP contribution in [-0.4, -0.2) is 46.6 Å². The lowest BCUT2D eigenvalue weighted by molar-refractivity contribution is -0.121. The summed E-state index contributed by atoms with van der Waals surface area (Å²) in [5, 5.41) is 2.78. The molecule has 2 heterocycles. The molecule has 0 aliphatic carbocycles. The number of ether oxygens (including phenoxy) is 1. The van der Waals surface area contributed by atoms with E-state index in [9.17, 15) is 4.79 Å². The van der Waals surface area contributed by atoms with E-state index in [-0.39, 0.29) is 12.5 Å². The Labute approximate surface area is 136 Å². The second-order valence-corrected chi connectivity index (χ2v) is 5.69. The number of alkyl halides is 1. The number of hydrogen-bond acceptors (Lipinski definition) is 4. The zero-order valence-electron chi connectivity index (χ0n) is 11.6. The summed E-state index contributed by atoms with van der Waals surface area (Å²) >= 11 is 9.17. The van der Waals surface area contributed by atoms with E-state index in [2.05, 4.69) is 31.2 Å². The highest BCUT2D eigenvalue weighted by molar-refractivity contribution is 9.10. The van der Waals surface area contributed by atoms with Crippen LogP contribution in [0.4, 0.5) is 0 Å². The van der Waals surface area contributed by atoms with Gasteiger partial charge < -0.3 is 14.6 Å². The van der Waals surface area contributed by atoms with Crippen LogP contribution < -0.4 is 5.32 Å². The van der Waals surface area contributed by atoms with E-state index in [4.69, 9.17) is 16.3 Å². The number of rotatable bonds is 7. The van der Waals surface area contributed by atoms with E-state index in [1.807, 2.05) is 6.07 Å². The first kappa shape index (κ1) is 16.2. The smallest absolute Gasteiger partial charge is 0.240 e. The fourth-order valence-electron chi connectivity index (χ4n) is 1.97. The Bertz CT molecular complexity index is 632. The molecule has 114 valence electrons. The van der Waals surface area contributed by atoms with Crippen molar-refractivity contribution in [1.29, 1.82) is 0 Å². The fraction of sp³-hybridized carbons (Fsp3) is 0.462. The lowest BCUT2D eigenvalue weighted by atomic mass is 10.4. The van der Waals surface area contributed by atoms with Crippen molar-refractivity contribution in [3.8, 4) is 0 Å². The standard InChI is InChI=1S/C13H16BrClN4O2/c1-21-5-4-16-12(20)8-19-11(2-3-15)18-10-6-9(14)7-17-13(10)19/h6-7H,2-5,8H2,1H3,(H,16,20). The van der Waals surface area contributed by atoms with Crippen LogP contribution in [0, 0.1) is 0 Å². The SMILES string of the molecule is COCCNC(=O)Cn1c(CCCl)nc2cc(Br)cnc21. The van der Waals surface area contributed by atoms with Crippen molar-refractivity contribution in [3.63, 3.8) is 0 Å². The van der Waals surface area contributed by atoms with Gasteiger partial charge in [0.1, 0.15) is 17.9 Å². The van der Waals surface area contributed by atoms with Gasteiger partial charge in [0.15, 0.2) is 5.65 Å². The normalized spacial score (nSPS) is 11.0. The van der Waals surface area contributed by atoms with E-state index < -0.39 is 0 Å². The molecule has 0 saturated carbocycles. The molecule has 0 unspecified atom stereocenters. The Morgan fingerprint density at radius 3 is 3.10 bits per heavy atom. The number of aromatic nitrogens is 3. The molecule has 1 amide bonds. The Morgan fingerprint density at radius 2 is 2.38 bits per heavy atom.